The van der Waals surface area contributed by atoms with Crippen molar-refractivity contribution < 1.29 is 9.53 Å². The van der Waals surface area contributed by atoms with Gasteiger partial charge in [0.1, 0.15) is 18.5 Å². The third-order valence-electron chi connectivity index (χ3n) is 5.88. The Bertz CT molecular complexity index is 888. The molecule has 0 spiro atoms. The van der Waals surface area contributed by atoms with Gasteiger partial charge < -0.3 is 24.4 Å². The first-order chi connectivity index (χ1) is 15.1. The molecule has 0 saturated carbocycles. The number of carbonyl (C=O) groups is 1. The molecule has 1 amide bonds. The van der Waals surface area contributed by atoms with Crippen LogP contribution in [-0.4, -0.2) is 81.9 Å². The lowest BCUT2D eigenvalue weighted by Gasteiger charge is -2.37. The van der Waals surface area contributed by atoms with Gasteiger partial charge in [-0.15, -0.1) is 45.5 Å². The molecule has 4 heterocycles. The molecule has 176 valence electrons. The van der Waals surface area contributed by atoms with Gasteiger partial charge in [-0.1, -0.05) is 6.07 Å². The molecule has 0 bridgehead atoms. The summed E-state index contributed by atoms with van der Waals surface area (Å²) in [4.78, 5) is 23.0. The van der Waals surface area contributed by atoms with Crippen LogP contribution in [0.3, 0.4) is 0 Å². The highest BCUT2D eigenvalue weighted by molar-refractivity contribution is 14.0. The number of guanidine groups is 1. The lowest BCUT2D eigenvalue weighted by molar-refractivity contribution is -0.142. The number of rotatable bonds is 6. The average molecular weight is 574 g/mol. The molecular formula is C21H32IN7O2S. The SMILES string of the molecule is Cc1nnc(CN=C(NCCc2cccs2)N2CCN(C(=O)C3CCCO3)CC2)n1C.I. The van der Waals surface area contributed by atoms with Gasteiger partial charge in [0.15, 0.2) is 11.8 Å². The van der Waals surface area contributed by atoms with Gasteiger partial charge in [-0.3, -0.25) is 4.79 Å². The smallest absolute Gasteiger partial charge is 0.251 e. The third-order valence-corrected chi connectivity index (χ3v) is 6.82. The van der Waals surface area contributed by atoms with Crippen LogP contribution in [0, 0.1) is 6.92 Å². The number of hydrogen-bond acceptors (Lipinski definition) is 6. The fraction of sp³-hybridized carbons (Fsp3) is 0.619. The van der Waals surface area contributed by atoms with Gasteiger partial charge in [-0.05, 0) is 37.6 Å². The van der Waals surface area contributed by atoms with E-state index in [1.165, 1.54) is 4.88 Å². The van der Waals surface area contributed by atoms with Gasteiger partial charge in [-0.25, -0.2) is 4.99 Å². The number of carbonyl (C=O) groups excluding carboxylic acids is 1. The van der Waals surface area contributed by atoms with E-state index in [1.807, 2.05) is 23.4 Å². The number of halogens is 1. The summed E-state index contributed by atoms with van der Waals surface area (Å²) >= 11 is 1.77. The van der Waals surface area contributed by atoms with E-state index in [1.54, 1.807) is 11.3 Å². The number of ether oxygens (including phenoxy) is 1. The second kappa shape index (κ2) is 11.9. The Balaban J connectivity index is 0.00000289. The molecule has 4 rings (SSSR count). The van der Waals surface area contributed by atoms with Crippen molar-refractivity contribution in [2.24, 2.45) is 12.0 Å². The van der Waals surface area contributed by atoms with Gasteiger partial charge in [0.25, 0.3) is 5.91 Å². The largest absolute Gasteiger partial charge is 0.368 e. The molecule has 11 heteroatoms. The Labute approximate surface area is 210 Å². The van der Waals surface area contributed by atoms with E-state index in [0.717, 1.165) is 56.5 Å². The van der Waals surface area contributed by atoms with Crippen molar-refractivity contribution in [1.82, 2.24) is 29.9 Å². The molecule has 2 saturated heterocycles. The second-order valence-electron chi connectivity index (χ2n) is 7.93. The van der Waals surface area contributed by atoms with Crippen LogP contribution in [0.15, 0.2) is 22.5 Å². The summed E-state index contributed by atoms with van der Waals surface area (Å²) in [5.74, 6) is 2.71. The Kier molecular flexibility index (Phi) is 9.29. The van der Waals surface area contributed by atoms with Crippen LogP contribution < -0.4 is 5.32 Å². The van der Waals surface area contributed by atoms with E-state index in [9.17, 15) is 4.79 Å². The topological polar surface area (TPSA) is 87.9 Å². The van der Waals surface area contributed by atoms with E-state index in [2.05, 4.69) is 37.9 Å². The van der Waals surface area contributed by atoms with Crippen LogP contribution >= 0.6 is 35.3 Å². The van der Waals surface area contributed by atoms with Crippen LogP contribution in [0.25, 0.3) is 0 Å². The summed E-state index contributed by atoms with van der Waals surface area (Å²) in [6.45, 7) is 6.79. The molecule has 2 aliphatic rings. The van der Waals surface area contributed by atoms with Crippen molar-refractivity contribution in [2.45, 2.75) is 38.8 Å². The number of aryl methyl sites for hydroxylation is 1. The number of amides is 1. The summed E-state index contributed by atoms with van der Waals surface area (Å²) in [5.41, 5.74) is 0. The van der Waals surface area contributed by atoms with Gasteiger partial charge in [0.05, 0.1) is 0 Å². The van der Waals surface area contributed by atoms with Crippen molar-refractivity contribution in [1.29, 1.82) is 0 Å². The standard InChI is InChI=1S/C21H31N7O2S.HI/c1-16-24-25-19(26(16)2)15-23-21(22-8-7-17-5-4-14-31-17)28-11-9-27(10-12-28)20(29)18-6-3-13-30-18;/h4-5,14,18H,3,6-13,15H2,1-2H3,(H,22,23);1H. The zero-order valence-electron chi connectivity index (χ0n) is 18.7. The highest BCUT2D eigenvalue weighted by atomic mass is 127. The lowest BCUT2D eigenvalue weighted by Crippen LogP contribution is -2.55. The summed E-state index contributed by atoms with van der Waals surface area (Å²) in [7, 11) is 1.96. The maximum atomic E-state index is 12.7. The monoisotopic (exact) mass is 573 g/mol. The molecule has 2 aliphatic heterocycles. The molecule has 1 atom stereocenters. The number of aromatic nitrogens is 3. The third kappa shape index (κ3) is 6.19. The van der Waals surface area contributed by atoms with Crippen molar-refractivity contribution in [2.75, 3.05) is 39.3 Å². The van der Waals surface area contributed by atoms with Crippen LogP contribution in [0.4, 0.5) is 0 Å². The van der Waals surface area contributed by atoms with Crippen molar-refractivity contribution in [3.63, 3.8) is 0 Å². The molecule has 1 N–H and O–H groups in total. The molecule has 2 aromatic rings. The highest BCUT2D eigenvalue weighted by Crippen LogP contribution is 2.16. The van der Waals surface area contributed by atoms with Gasteiger partial charge in [0, 0.05) is 51.3 Å². The Morgan fingerprint density at radius 3 is 2.69 bits per heavy atom. The average Bonchev–Trinajstić information content (AvgIpc) is 3.55. The normalized spacial score (nSPS) is 19.2. The molecule has 0 radical (unpaired) electrons. The fourth-order valence-corrected chi connectivity index (χ4v) is 4.58. The first-order valence-electron chi connectivity index (χ1n) is 10.9. The van der Waals surface area contributed by atoms with Gasteiger partial charge in [-0.2, -0.15) is 0 Å². The molecule has 2 aromatic heterocycles. The quantitative estimate of drug-likeness (QED) is 0.323. The predicted octanol–water partition coefficient (Wildman–Crippen LogP) is 1.81. The number of hydrogen-bond donors (Lipinski definition) is 1. The van der Waals surface area contributed by atoms with Crippen molar-refractivity contribution in [3.05, 3.63) is 34.0 Å². The van der Waals surface area contributed by atoms with E-state index in [-0.39, 0.29) is 36.0 Å². The van der Waals surface area contributed by atoms with E-state index < -0.39 is 0 Å². The minimum absolute atomic E-state index is 0. The van der Waals surface area contributed by atoms with Gasteiger partial charge in [0.2, 0.25) is 0 Å². The highest BCUT2D eigenvalue weighted by Gasteiger charge is 2.31. The second-order valence-corrected chi connectivity index (χ2v) is 8.96. The first kappa shape index (κ1) is 24.9. The minimum atomic E-state index is -0.247. The maximum Gasteiger partial charge on any atom is 0.251 e. The summed E-state index contributed by atoms with van der Waals surface area (Å²) in [5, 5.41) is 14.0. The summed E-state index contributed by atoms with van der Waals surface area (Å²) in [6, 6.07) is 4.23. The zero-order valence-corrected chi connectivity index (χ0v) is 21.8. The van der Waals surface area contributed by atoms with Crippen molar-refractivity contribution in [3.8, 4) is 0 Å². The molecule has 0 aromatic carbocycles. The Hall–Kier alpha value is -1.73. The zero-order chi connectivity index (χ0) is 21.6. The molecule has 9 nitrogen and oxygen atoms in total. The van der Waals surface area contributed by atoms with E-state index >= 15 is 0 Å². The number of aliphatic imine (C=N–C) groups is 1. The fourth-order valence-electron chi connectivity index (χ4n) is 3.87. The number of nitrogens with zero attached hydrogens (tertiary/aromatic N) is 6. The first-order valence-corrected chi connectivity index (χ1v) is 11.8. The van der Waals surface area contributed by atoms with Gasteiger partial charge >= 0.3 is 0 Å². The Morgan fingerprint density at radius 1 is 1.28 bits per heavy atom. The molecule has 32 heavy (non-hydrogen) atoms. The number of nitrogens with one attached hydrogen (secondary N) is 1. The lowest BCUT2D eigenvalue weighted by atomic mass is 10.2. The summed E-state index contributed by atoms with van der Waals surface area (Å²) < 4.78 is 7.54. The number of thiophene rings is 1. The van der Waals surface area contributed by atoms with E-state index in [4.69, 9.17) is 9.73 Å². The molecule has 2 fully saturated rings. The van der Waals surface area contributed by atoms with E-state index in [0.29, 0.717) is 26.2 Å². The molecule has 0 aliphatic carbocycles. The van der Waals surface area contributed by atoms with Crippen LogP contribution in [0.2, 0.25) is 0 Å². The molecular weight excluding hydrogens is 541 g/mol. The number of piperazine rings is 1. The predicted molar refractivity (Wildman–Crippen MR) is 135 cm³/mol. The summed E-state index contributed by atoms with van der Waals surface area (Å²) in [6.07, 6.45) is 2.52. The minimum Gasteiger partial charge on any atom is -0.368 e. The van der Waals surface area contributed by atoms with Crippen LogP contribution in [-0.2, 0) is 29.5 Å². The molecule has 1 unspecified atom stereocenters. The van der Waals surface area contributed by atoms with Crippen LogP contribution in [0.1, 0.15) is 29.4 Å². The van der Waals surface area contributed by atoms with Crippen molar-refractivity contribution >= 4 is 47.2 Å². The van der Waals surface area contributed by atoms with Crippen LogP contribution in [0.5, 0.6) is 0 Å². The maximum absolute atomic E-state index is 12.7. The Morgan fingerprint density at radius 2 is 2.06 bits per heavy atom.